The van der Waals surface area contributed by atoms with Crippen molar-refractivity contribution in [1.29, 1.82) is 0 Å². The number of ether oxygens (including phenoxy) is 1. The Hall–Kier alpha value is -3.89. The maximum atomic E-state index is 13.2. The number of carbonyl (C=O) groups is 2. The molecule has 0 spiro atoms. The van der Waals surface area contributed by atoms with E-state index >= 15 is 0 Å². The van der Waals surface area contributed by atoms with E-state index in [9.17, 15) is 14.0 Å². The molecular formula is C21H22FN7O3. The van der Waals surface area contributed by atoms with Crippen molar-refractivity contribution in [1.82, 2.24) is 30.3 Å². The summed E-state index contributed by atoms with van der Waals surface area (Å²) in [5, 5.41) is 13.8. The molecule has 3 aromatic heterocycles. The standard InChI is InChI=1S/C21H22FN7O3/c1-13(30)26-18-7-6-17(29-24-9-10-25-29)20(28-18)21(31)27-16-4-2-3-14(16)12-32-19-8-5-15(22)11-23-19/h5-11,14,16H,2-4,12H2,1H3,(H,27,31)(H,26,28,30)/t14-,16+/m1/s1. The lowest BCUT2D eigenvalue weighted by Gasteiger charge is -2.21. The summed E-state index contributed by atoms with van der Waals surface area (Å²) in [6.45, 7) is 1.71. The molecule has 0 aromatic carbocycles. The van der Waals surface area contributed by atoms with Crippen molar-refractivity contribution < 1.29 is 18.7 Å². The molecule has 0 saturated heterocycles. The lowest BCUT2D eigenvalue weighted by Crippen LogP contribution is -2.40. The number of hydrogen-bond donors (Lipinski definition) is 2. The normalized spacial score (nSPS) is 17.7. The molecule has 1 aliphatic carbocycles. The van der Waals surface area contributed by atoms with Crippen LogP contribution >= 0.6 is 0 Å². The zero-order valence-electron chi connectivity index (χ0n) is 17.4. The van der Waals surface area contributed by atoms with E-state index < -0.39 is 11.7 Å². The highest BCUT2D eigenvalue weighted by molar-refractivity contribution is 5.97. The third kappa shape index (κ3) is 5.05. The number of aromatic nitrogens is 5. The van der Waals surface area contributed by atoms with Crippen LogP contribution in [0.2, 0.25) is 0 Å². The Kier molecular flexibility index (Phi) is 6.34. The third-order valence-electron chi connectivity index (χ3n) is 5.15. The monoisotopic (exact) mass is 439 g/mol. The van der Waals surface area contributed by atoms with Crippen molar-refractivity contribution >= 4 is 17.6 Å². The first-order valence-electron chi connectivity index (χ1n) is 10.2. The maximum absolute atomic E-state index is 13.2. The van der Waals surface area contributed by atoms with Crippen molar-refractivity contribution in [2.24, 2.45) is 5.92 Å². The molecule has 2 N–H and O–H groups in total. The molecule has 1 fully saturated rings. The molecular weight excluding hydrogens is 417 g/mol. The van der Waals surface area contributed by atoms with Gasteiger partial charge in [0.25, 0.3) is 5.91 Å². The van der Waals surface area contributed by atoms with Crippen molar-refractivity contribution in [3.8, 4) is 11.6 Å². The summed E-state index contributed by atoms with van der Waals surface area (Å²) >= 11 is 0. The molecule has 3 heterocycles. The Morgan fingerprint density at radius 2 is 2.00 bits per heavy atom. The minimum Gasteiger partial charge on any atom is -0.477 e. The second kappa shape index (κ2) is 9.50. The molecule has 4 rings (SSSR count). The highest BCUT2D eigenvalue weighted by atomic mass is 19.1. The van der Waals surface area contributed by atoms with Crippen molar-refractivity contribution in [3.63, 3.8) is 0 Å². The molecule has 11 heteroatoms. The fourth-order valence-electron chi connectivity index (χ4n) is 3.67. The van der Waals surface area contributed by atoms with E-state index in [4.69, 9.17) is 4.74 Å². The van der Waals surface area contributed by atoms with E-state index in [0.29, 0.717) is 18.2 Å². The summed E-state index contributed by atoms with van der Waals surface area (Å²) in [5.41, 5.74) is 0.488. The zero-order chi connectivity index (χ0) is 22.5. The molecule has 1 aliphatic rings. The van der Waals surface area contributed by atoms with Crippen LogP contribution in [0.5, 0.6) is 5.88 Å². The molecule has 1 saturated carbocycles. The smallest absolute Gasteiger partial charge is 0.272 e. The second-order valence-electron chi connectivity index (χ2n) is 7.46. The Labute approximate surface area is 183 Å². The minimum atomic E-state index is -0.431. The fraction of sp³-hybridized carbons (Fsp3) is 0.333. The Balaban J connectivity index is 1.49. The van der Waals surface area contributed by atoms with Crippen LogP contribution in [0.1, 0.15) is 36.7 Å². The van der Waals surface area contributed by atoms with Gasteiger partial charge in [0.05, 0.1) is 25.2 Å². The van der Waals surface area contributed by atoms with Gasteiger partial charge < -0.3 is 15.4 Å². The quantitative estimate of drug-likeness (QED) is 0.578. The molecule has 32 heavy (non-hydrogen) atoms. The molecule has 166 valence electrons. The molecule has 0 bridgehead atoms. The van der Waals surface area contributed by atoms with Gasteiger partial charge in [-0.15, -0.1) is 4.80 Å². The average molecular weight is 439 g/mol. The van der Waals surface area contributed by atoms with E-state index in [1.807, 2.05) is 0 Å². The molecule has 0 radical (unpaired) electrons. The lowest BCUT2D eigenvalue weighted by atomic mass is 10.0. The van der Waals surface area contributed by atoms with E-state index in [0.717, 1.165) is 25.5 Å². The summed E-state index contributed by atoms with van der Waals surface area (Å²) in [6.07, 6.45) is 6.69. The number of halogens is 1. The molecule has 0 unspecified atom stereocenters. The first kappa shape index (κ1) is 21.3. The van der Waals surface area contributed by atoms with Gasteiger partial charge in [0, 0.05) is 24.9 Å². The van der Waals surface area contributed by atoms with Crippen LogP contribution in [0.3, 0.4) is 0 Å². The summed E-state index contributed by atoms with van der Waals surface area (Å²) in [7, 11) is 0. The van der Waals surface area contributed by atoms with Gasteiger partial charge in [-0.25, -0.2) is 14.4 Å². The van der Waals surface area contributed by atoms with Crippen LogP contribution in [-0.2, 0) is 4.79 Å². The number of rotatable bonds is 7. The molecule has 2 amide bonds. The fourth-order valence-corrected chi connectivity index (χ4v) is 3.67. The number of pyridine rings is 2. The van der Waals surface area contributed by atoms with Gasteiger partial charge >= 0.3 is 0 Å². The van der Waals surface area contributed by atoms with Crippen LogP contribution in [0.25, 0.3) is 5.69 Å². The van der Waals surface area contributed by atoms with Crippen LogP contribution in [0, 0.1) is 11.7 Å². The van der Waals surface area contributed by atoms with E-state index in [1.54, 1.807) is 12.1 Å². The third-order valence-corrected chi connectivity index (χ3v) is 5.15. The van der Waals surface area contributed by atoms with Crippen molar-refractivity contribution in [2.45, 2.75) is 32.2 Å². The zero-order valence-corrected chi connectivity index (χ0v) is 17.4. The topological polar surface area (TPSA) is 124 Å². The molecule has 10 nitrogen and oxygen atoms in total. The van der Waals surface area contributed by atoms with Gasteiger partial charge in [0.2, 0.25) is 11.8 Å². The largest absolute Gasteiger partial charge is 0.477 e. The molecule has 3 aromatic rings. The Morgan fingerprint density at radius 3 is 2.72 bits per heavy atom. The predicted octanol–water partition coefficient (Wildman–Crippen LogP) is 2.13. The first-order valence-corrected chi connectivity index (χ1v) is 10.2. The summed E-state index contributed by atoms with van der Waals surface area (Å²) in [5.74, 6) is -0.472. The maximum Gasteiger partial charge on any atom is 0.272 e. The lowest BCUT2D eigenvalue weighted by molar-refractivity contribution is -0.114. The van der Waals surface area contributed by atoms with E-state index in [-0.39, 0.29) is 29.4 Å². The van der Waals surface area contributed by atoms with E-state index in [2.05, 4.69) is 30.8 Å². The number of hydrogen-bond acceptors (Lipinski definition) is 7. The van der Waals surface area contributed by atoms with Crippen molar-refractivity contribution in [3.05, 3.63) is 54.4 Å². The summed E-state index contributed by atoms with van der Waals surface area (Å²) < 4.78 is 18.7. The number of anilines is 1. The SMILES string of the molecule is CC(=O)Nc1ccc(-n2nccn2)c(C(=O)N[C@H]2CCC[C@@H]2COc2ccc(F)cn2)n1. The van der Waals surface area contributed by atoms with E-state index in [1.165, 1.54) is 36.2 Å². The van der Waals surface area contributed by atoms with Crippen LogP contribution < -0.4 is 15.4 Å². The molecule has 2 atom stereocenters. The van der Waals surface area contributed by atoms with Gasteiger partial charge in [-0.3, -0.25) is 9.59 Å². The average Bonchev–Trinajstić information content (AvgIpc) is 3.45. The van der Waals surface area contributed by atoms with Crippen molar-refractivity contribution in [2.75, 3.05) is 11.9 Å². The van der Waals surface area contributed by atoms with Crippen LogP contribution in [0.4, 0.5) is 10.2 Å². The Bertz CT molecular complexity index is 1090. The summed E-state index contributed by atoms with van der Waals surface area (Å²) in [6, 6.07) is 5.84. The van der Waals surface area contributed by atoms with Gasteiger partial charge in [0.1, 0.15) is 17.3 Å². The number of nitrogens with one attached hydrogen (secondary N) is 2. The van der Waals surface area contributed by atoms with Crippen LogP contribution in [-0.4, -0.2) is 49.4 Å². The van der Waals surface area contributed by atoms with Crippen LogP contribution in [0.15, 0.2) is 42.9 Å². The summed E-state index contributed by atoms with van der Waals surface area (Å²) in [4.78, 5) is 34.1. The number of carbonyl (C=O) groups excluding carboxylic acids is 2. The highest BCUT2D eigenvalue weighted by Gasteiger charge is 2.31. The minimum absolute atomic E-state index is 0.0654. The number of nitrogens with zero attached hydrogens (tertiary/aromatic N) is 5. The van der Waals surface area contributed by atoms with Gasteiger partial charge in [0.15, 0.2) is 5.69 Å². The first-order chi connectivity index (χ1) is 15.5. The highest BCUT2D eigenvalue weighted by Crippen LogP contribution is 2.27. The second-order valence-corrected chi connectivity index (χ2v) is 7.46. The van der Waals surface area contributed by atoms with Gasteiger partial charge in [-0.05, 0) is 31.0 Å². The molecule has 0 aliphatic heterocycles. The predicted molar refractivity (Wildman–Crippen MR) is 112 cm³/mol. The number of amides is 2. The van der Waals surface area contributed by atoms with Gasteiger partial charge in [-0.1, -0.05) is 6.42 Å². The van der Waals surface area contributed by atoms with Gasteiger partial charge in [-0.2, -0.15) is 10.2 Å². The Morgan fingerprint density at radius 1 is 1.19 bits per heavy atom.